The first kappa shape index (κ1) is 13.4. The molecule has 2 unspecified atom stereocenters. The second kappa shape index (κ2) is 5.97. The van der Waals surface area contributed by atoms with E-state index in [1.54, 1.807) is 0 Å². The molecule has 0 aliphatic carbocycles. The van der Waals surface area contributed by atoms with E-state index in [0.717, 1.165) is 0 Å². The predicted octanol–water partition coefficient (Wildman–Crippen LogP) is -0.612. The summed E-state index contributed by atoms with van der Waals surface area (Å²) in [6.07, 6.45) is -2.95. The Morgan fingerprint density at radius 1 is 0.933 bits per heavy atom. The molecule has 2 atom stereocenters. The van der Waals surface area contributed by atoms with E-state index in [9.17, 15) is 14.4 Å². The first-order valence-corrected chi connectivity index (χ1v) is 4.17. The molecule has 0 heterocycles. The van der Waals surface area contributed by atoms with Crippen molar-refractivity contribution in [3.63, 3.8) is 0 Å². The minimum Gasteiger partial charge on any atom is -0.481 e. The van der Waals surface area contributed by atoms with Gasteiger partial charge < -0.3 is 20.4 Å². The fraction of sp³-hybridized carbons (Fsp3) is 0.625. The highest BCUT2D eigenvalue weighted by atomic mass is 16.4. The summed E-state index contributed by atoms with van der Waals surface area (Å²) in [7, 11) is 0. The number of aliphatic carboxylic acids is 3. The van der Waals surface area contributed by atoms with Gasteiger partial charge >= 0.3 is 17.9 Å². The van der Waals surface area contributed by atoms with Crippen molar-refractivity contribution in [1.29, 1.82) is 0 Å². The molecule has 7 heteroatoms. The fourth-order valence-electron chi connectivity index (χ4n) is 1.10. The standard InChI is InChI=1S/C8H12O7/c9-5(3-7(12)13)1-4(8(14)15)2-6(10)11/h4-5,9H,1-3H2,(H,10,11)(H,12,13)(H,14,15). The average Bonchev–Trinajstić information content (AvgIpc) is 1.99. The molecule has 0 rings (SSSR count). The Morgan fingerprint density at radius 2 is 1.40 bits per heavy atom. The van der Waals surface area contributed by atoms with Gasteiger partial charge in [0, 0.05) is 0 Å². The summed E-state index contributed by atoms with van der Waals surface area (Å²) in [5, 5.41) is 34.4. The molecular formula is C8H12O7. The maximum Gasteiger partial charge on any atom is 0.307 e. The van der Waals surface area contributed by atoms with Crippen LogP contribution in [0.5, 0.6) is 0 Å². The maximum atomic E-state index is 10.5. The Bertz CT molecular complexity index is 260. The first-order chi connectivity index (χ1) is 6.82. The highest BCUT2D eigenvalue weighted by Gasteiger charge is 2.25. The molecule has 7 nitrogen and oxygen atoms in total. The first-order valence-electron chi connectivity index (χ1n) is 4.17. The van der Waals surface area contributed by atoms with E-state index in [1.165, 1.54) is 0 Å². The molecule has 0 aliphatic heterocycles. The summed E-state index contributed by atoms with van der Waals surface area (Å²) in [4.78, 5) is 31.0. The van der Waals surface area contributed by atoms with Gasteiger partial charge in [-0.05, 0) is 6.42 Å². The number of aliphatic hydroxyl groups is 1. The van der Waals surface area contributed by atoms with Gasteiger partial charge in [-0.1, -0.05) is 0 Å². The van der Waals surface area contributed by atoms with Crippen LogP contribution >= 0.6 is 0 Å². The molecular weight excluding hydrogens is 208 g/mol. The molecule has 0 aliphatic rings. The van der Waals surface area contributed by atoms with E-state index in [1.807, 2.05) is 0 Å². The van der Waals surface area contributed by atoms with Crippen molar-refractivity contribution < 1.29 is 34.8 Å². The lowest BCUT2D eigenvalue weighted by molar-refractivity contribution is -0.150. The summed E-state index contributed by atoms with van der Waals surface area (Å²) in [5.41, 5.74) is 0. The van der Waals surface area contributed by atoms with Crippen molar-refractivity contribution in [2.75, 3.05) is 0 Å². The van der Waals surface area contributed by atoms with Crippen LogP contribution in [0.25, 0.3) is 0 Å². The quantitative estimate of drug-likeness (QED) is 0.449. The number of rotatable bonds is 7. The highest BCUT2D eigenvalue weighted by molar-refractivity contribution is 5.77. The van der Waals surface area contributed by atoms with Gasteiger partial charge in [-0.2, -0.15) is 0 Å². The van der Waals surface area contributed by atoms with Gasteiger partial charge in [-0.25, -0.2) is 0 Å². The zero-order valence-corrected chi connectivity index (χ0v) is 7.79. The van der Waals surface area contributed by atoms with E-state index in [2.05, 4.69) is 0 Å². The maximum absolute atomic E-state index is 10.5. The van der Waals surface area contributed by atoms with Crippen molar-refractivity contribution in [1.82, 2.24) is 0 Å². The fourth-order valence-corrected chi connectivity index (χ4v) is 1.10. The number of carbonyl (C=O) groups is 3. The van der Waals surface area contributed by atoms with Gasteiger partial charge in [0.25, 0.3) is 0 Å². The summed E-state index contributed by atoms with van der Waals surface area (Å²) in [5.74, 6) is -5.19. The van der Waals surface area contributed by atoms with Gasteiger partial charge in [0.05, 0.1) is 24.9 Å². The summed E-state index contributed by atoms with van der Waals surface area (Å²) < 4.78 is 0. The lowest BCUT2D eigenvalue weighted by Crippen LogP contribution is -2.24. The molecule has 0 radical (unpaired) electrons. The van der Waals surface area contributed by atoms with E-state index >= 15 is 0 Å². The number of hydrogen-bond acceptors (Lipinski definition) is 4. The average molecular weight is 220 g/mol. The number of carboxylic acid groups (broad SMARTS) is 3. The molecule has 0 saturated heterocycles. The van der Waals surface area contributed by atoms with Crippen molar-refractivity contribution >= 4 is 17.9 Å². The van der Waals surface area contributed by atoms with Crippen LogP contribution in [0.1, 0.15) is 19.3 Å². The zero-order valence-electron chi connectivity index (χ0n) is 7.79. The predicted molar refractivity (Wildman–Crippen MR) is 46.3 cm³/mol. The Morgan fingerprint density at radius 3 is 1.73 bits per heavy atom. The van der Waals surface area contributed by atoms with Crippen LogP contribution in [0.2, 0.25) is 0 Å². The van der Waals surface area contributed by atoms with Crippen LogP contribution in [0, 0.1) is 5.92 Å². The third-order valence-electron chi connectivity index (χ3n) is 1.74. The second-order valence-electron chi connectivity index (χ2n) is 3.12. The molecule has 0 aromatic heterocycles. The zero-order chi connectivity index (χ0) is 12.0. The minimum atomic E-state index is -1.36. The molecule has 0 fully saturated rings. The number of carboxylic acids is 3. The Labute approximate surface area is 85.0 Å². The van der Waals surface area contributed by atoms with Crippen LogP contribution in [0.15, 0.2) is 0 Å². The van der Waals surface area contributed by atoms with Gasteiger partial charge in [0.15, 0.2) is 0 Å². The third-order valence-corrected chi connectivity index (χ3v) is 1.74. The van der Waals surface area contributed by atoms with Gasteiger partial charge in [-0.3, -0.25) is 14.4 Å². The Kier molecular flexibility index (Phi) is 5.32. The van der Waals surface area contributed by atoms with Crippen molar-refractivity contribution in [2.24, 2.45) is 5.92 Å². The highest BCUT2D eigenvalue weighted by Crippen LogP contribution is 2.14. The van der Waals surface area contributed by atoms with E-state index in [0.29, 0.717) is 0 Å². The molecule has 0 bridgehead atoms. The van der Waals surface area contributed by atoms with Crippen LogP contribution in [0.4, 0.5) is 0 Å². The Balaban J connectivity index is 4.21. The molecule has 0 saturated carbocycles. The molecule has 0 spiro atoms. The van der Waals surface area contributed by atoms with Crippen LogP contribution in [-0.2, 0) is 14.4 Å². The van der Waals surface area contributed by atoms with Gasteiger partial charge in [0.1, 0.15) is 0 Å². The Hall–Kier alpha value is -1.63. The van der Waals surface area contributed by atoms with E-state index in [-0.39, 0.29) is 6.42 Å². The topological polar surface area (TPSA) is 132 Å². The smallest absolute Gasteiger partial charge is 0.307 e. The summed E-state index contributed by atoms with van der Waals surface area (Å²) in [6, 6.07) is 0. The second-order valence-corrected chi connectivity index (χ2v) is 3.12. The molecule has 15 heavy (non-hydrogen) atoms. The molecule has 4 N–H and O–H groups in total. The molecule has 86 valence electrons. The minimum absolute atomic E-state index is 0.381. The van der Waals surface area contributed by atoms with E-state index < -0.39 is 42.8 Å². The summed E-state index contributed by atoms with van der Waals surface area (Å²) >= 11 is 0. The van der Waals surface area contributed by atoms with Crippen molar-refractivity contribution in [3.8, 4) is 0 Å². The third kappa shape index (κ3) is 6.44. The monoisotopic (exact) mass is 220 g/mol. The van der Waals surface area contributed by atoms with Gasteiger partial charge in [0.2, 0.25) is 0 Å². The summed E-state index contributed by atoms with van der Waals surface area (Å²) in [6.45, 7) is 0. The lowest BCUT2D eigenvalue weighted by Gasteiger charge is -2.13. The molecule has 0 aromatic rings. The van der Waals surface area contributed by atoms with Crippen molar-refractivity contribution in [3.05, 3.63) is 0 Å². The van der Waals surface area contributed by atoms with Crippen LogP contribution in [-0.4, -0.2) is 44.4 Å². The SMILES string of the molecule is O=C(O)CC(O)CC(CC(=O)O)C(=O)O. The number of hydrogen-bond donors (Lipinski definition) is 4. The largest absolute Gasteiger partial charge is 0.481 e. The molecule has 0 amide bonds. The van der Waals surface area contributed by atoms with Gasteiger partial charge in [-0.15, -0.1) is 0 Å². The molecule has 0 aromatic carbocycles. The number of aliphatic hydroxyl groups excluding tert-OH is 1. The lowest BCUT2D eigenvalue weighted by atomic mass is 9.97. The normalized spacial score (nSPS) is 14.2. The van der Waals surface area contributed by atoms with E-state index in [4.69, 9.17) is 20.4 Å². The van der Waals surface area contributed by atoms with Crippen molar-refractivity contribution in [2.45, 2.75) is 25.4 Å². The van der Waals surface area contributed by atoms with Crippen LogP contribution in [0.3, 0.4) is 0 Å². The van der Waals surface area contributed by atoms with Crippen LogP contribution < -0.4 is 0 Å².